The summed E-state index contributed by atoms with van der Waals surface area (Å²) in [4.78, 5) is 25.8. The number of hydrogen-bond acceptors (Lipinski definition) is 15. The van der Waals surface area contributed by atoms with E-state index in [0.717, 1.165) is 44.9 Å². The van der Waals surface area contributed by atoms with Crippen LogP contribution in [0.1, 0.15) is 213 Å². The van der Waals surface area contributed by atoms with Crippen LogP contribution in [-0.2, 0) is 38.0 Å². The number of hydrogen-bond donors (Lipinski definition) is 7. The molecule has 0 radical (unpaired) electrons. The molecule has 0 aromatic rings. The Hall–Kier alpha value is -1.76. The minimum atomic E-state index is -1.76. The number of carbonyl (C=O) groups excluding carboxylic acids is 2. The Morgan fingerprint density at radius 1 is 0.463 bits per heavy atom. The molecule has 2 aliphatic heterocycles. The Morgan fingerprint density at radius 2 is 0.851 bits per heavy atom. The summed E-state index contributed by atoms with van der Waals surface area (Å²) in [5.41, 5.74) is 0. The van der Waals surface area contributed by atoms with Crippen LogP contribution >= 0.6 is 0 Å². The lowest BCUT2D eigenvalue weighted by molar-refractivity contribution is -0.332. The van der Waals surface area contributed by atoms with Crippen molar-refractivity contribution in [3.63, 3.8) is 0 Å². The third-order valence-electron chi connectivity index (χ3n) is 13.0. The third-order valence-corrected chi connectivity index (χ3v) is 13.0. The Morgan fingerprint density at radius 3 is 1.33 bits per heavy atom. The van der Waals surface area contributed by atoms with Crippen LogP contribution in [0, 0.1) is 0 Å². The summed E-state index contributed by atoms with van der Waals surface area (Å²) < 4.78 is 33.6. The number of esters is 2. The first-order valence-electron chi connectivity index (χ1n) is 26.8. The van der Waals surface area contributed by atoms with Gasteiger partial charge in [-0.1, -0.05) is 174 Å². The van der Waals surface area contributed by atoms with Gasteiger partial charge in [-0.2, -0.15) is 0 Å². The first kappa shape index (κ1) is 61.4. The van der Waals surface area contributed by atoms with Gasteiger partial charge in [-0.15, -0.1) is 0 Å². The van der Waals surface area contributed by atoms with E-state index in [0.29, 0.717) is 12.8 Å². The van der Waals surface area contributed by atoms with E-state index in [9.17, 15) is 45.3 Å². The van der Waals surface area contributed by atoms with Crippen LogP contribution in [0.5, 0.6) is 0 Å². The van der Waals surface area contributed by atoms with Gasteiger partial charge in [0.15, 0.2) is 18.7 Å². The fourth-order valence-corrected chi connectivity index (χ4v) is 8.57. The molecule has 0 aliphatic carbocycles. The van der Waals surface area contributed by atoms with Gasteiger partial charge in [0.25, 0.3) is 0 Å². The lowest BCUT2D eigenvalue weighted by Crippen LogP contribution is -2.61. The Balaban J connectivity index is 1.80. The minimum Gasteiger partial charge on any atom is -0.462 e. The number of unbranched alkanes of at least 4 members (excludes halogenated alkanes) is 26. The van der Waals surface area contributed by atoms with Gasteiger partial charge >= 0.3 is 11.9 Å². The second-order valence-electron chi connectivity index (χ2n) is 19.1. The van der Waals surface area contributed by atoms with E-state index in [4.69, 9.17) is 28.4 Å². The molecule has 394 valence electrons. The van der Waals surface area contributed by atoms with Gasteiger partial charge in [0.1, 0.15) is 55.4 Å². The zero-order valence-corrected chi connectivity index (χ0v) is 41.7. The second kappa shape index (κ2) is 39.9. The Kier molecular flexibility index (Phi) is 36.5. The summed E-state index contributed by atoms with van der Waals surface area (Å²) >= 11 is 0. The molecular formula is C52H96O15. The van der Waals surface area contributed by atoms with Gasteiger partial charge in [-0.05, 0) is 38.5 Å². The van der Waals surface area contributed by atoms with E-state index in [1.165, 1.54) is 128 Å². The average Bonchev–Trinajstić information content (AvgIpc) is 3.32. The van der Waals surface area contributed by atoms with Crippen molar-refractivity contribution in [1.29, 1.82) is 0 Å². The first-order valence-corrected chi connectivity index (χ1v) is 26.8. The van der Waals surface area contributed by atoms with Crippen molar-refractivity contribution in [2.75, 3.05) is 26.4 Å². The second-order valence-corrected chi connectivity index (χ2v) is 19.1. The molecule has 0 bridgehead atoms. The van der Waals surface area contributed by atoms with E-state index in [1.54, 1.807) is 0 Å². The van der Waals surface area contributed by atoms with E-state index in [1.807, 2.05) is 0 Å². The maximum Gasteiger partial charge on any atom is 0.306 e. The highest BCUT2D eigenvalue weighted by Crippen LogP contribution is 2.27. The predicted molar refractivity (Wildman–Crippen MR) is 257 cm³/mol. The summed E-state index contributed by atoms with van der Waals surface area (Å²) in [7, 11) is 0. The minimum absolute atomic E-state index is 0.149. The summed E-state index contributed by atoms with van der Waals surface area (Å²) in [5, 5.41) is 72.1. The van der Waals surface area contributed by atoms with Crippen LogP contribution in [0.2, 0.25) is 0 Å². The molecule has 0 aromatic carbocycles. The molecule has 0 saturated carbocycles. The lowest BCUT2D eigenvalue weighted by Gasteiger charge is -2.42. The van der Waals surface area contributed by atoms with Crippen molar-refractivity contribution >= 4 is 11.9 Å². The summed E-state index contributed by atoms with van der Waals surface area (Å²) in [6, 6.07) is 0. The van der Waals surface area contributed by atoms with Crippen molar-refractivity contribution in [2.45, 2.75) is 280 Å². The van der Waals surface area contributed by atoms with Crippen LogP contribution in [0.15, 0.2) is 12.2 Å². The van der Waals surface area contributed by atoms with E-state index < -0.39 is 92.7 Å². The largest absolute Gasteiger partial charge is 0.462 e. The normalized spacial score (nSPS) is 26.0. The molecule has 2 fully saturated rings. The standard InChI is InChI=1S/C52H96O15/c1-3-5-7-9-11-13-15-17-19-21-22-24-26-28-30-32-34-43(54)62-37-40(65-44(55)35-33-31-29-27-25-23-20-18-16-14-12-10-8-6-4-2)38-63-51-50(61)48(59)46(57)42(67-51)39-64-52-49(60)47(58)45(56)41(36-53)66-52/h23,25,40-42,45-53,56-61H,3-22,24,26-39H2,1-2H3/b25-23+/t40-,41+,42+,45-,46-,47?,48?,49?,50?,51+,52+/m0/s1. The number of carbonyl (C=O) groups is 2. The molecule has 4 unspecified atom stereocenters. The molecule has 11 atom stereocenters. The SMILES string of the molecule is CCCCCCCCCC/C=C/CCCCCC(=O)O[C@@H](COC(=O)CCCCCCCCCCCCCCCCCC)CO[C@@H]1O[C@H](CO[C@@H]2O[C@H](CO)[C@H](O)C(O)C2O)[C@H](O)C(O)C1O. The van der Waals surface area contributed by atoms with Crippen LogP contribution in [0.4, 0.5) is 0 Å². The van der Waals surface area contributed by atoms with Crippen molar-refractivity contribution in [3.05, 3.63) is 12.2 Å². The molecule has 15 nitrogen and oxygen atoms in total. The predicted octanol–water partition coefficient (Wildman–Crippen LogP) is 7.77. The highest BCUT2D eigenvalue weighted by atomic mass is 16.7. The van der Waals surface area contributed by atoms with E-state index in [2.05, 4.69) is 26.0 Å². The highest BCUT2D eigenvalue weighted by Gasteiger charge is 2.47. The van der Waals surface area contributed by atoms with Crippen molar-refractivity contribution in [3.8, 4) is 0 Å². The van der Waals surface area contributed by atoms with Gasteiger partial charge in [0.05, 0.1) is 19.8 Å². The van der Waals surface area contributed by atoms with Gasteiger partial charge in [0.2, 0.25) is 0 Å². The third kappa shape index (κ3) is 28.0. The highest BCUT2D eigenvalue weighted by molar-refractivity contribution is 5.70. The van der Waals surface area contributed by atoms with Crippen LogP contribution in [0.3, 0.4) is 0 Å². The van der Waals surface area contributed by atoms with Crippen LogP contribution < -0.4 is 0 Å². The molecule has 2 aliphatic rings. The van der Waals surface area contributed by atoms with Gasteiger partial charge in [-0.3, -0.25) is 9.59 Å². The van der Waals surface area contributed by atoms with Crippen molar-refractivity contribution in [1.82, 2.24) is 0 Å². The van der Waals surface area contributed by atoms with Gasteiger partial charge in [-0.25, -0.2) is 0 Å². The first-order chi connectivity index (χ1) is 32.5. The van der Waals surface area contributed by atoms with Gasteiger partial charge < -0.3 is 64.2 Å². The molecule has 7 N–H and O–H groups in total. The van der Waals surface area contributed by atoms with Crippen molar-refractivity contribution in [2.24, 2.45) is 0 Å². The molecule has 2 heterocycles. The summed E-state index contributed by atoms with van der Waals surface area (Å²) in [6.07, 6.45) is 22.4. The zero-order chi connectivity index (χ0) is 48.9. The maximum absolute atomic E-state index is 13.0. The number of aliphatic hydroxyl groups is 7. The smallest absolute Gasteiger partial charge is 0.306 e. The quantitative estimate of drug-likeness (QED) is 0.0176. The van der Waals surface area contributed by atoms with E-state index in [-0.39, 0.29) is 26.1 Å². The molecule has 0 spiro atoms. The average molecular weight is 961 g/mol. The lowest BCUT2D eigenvalue weighted by atomic mass is 9.98. The molecule has 0 amide bonds. The molecule has 2 saturated heterocycles. The number of ether oxygens (including phenoxy) is 6. The Labute approximate surface area is 403 Å². The van der Waals surface area contributed by atoms with Crippen LogP contribution in [0.25, 0.3) is 0 Å². The maximum atomic E-state index is 13.0. The van der Waals surface area contributed by atoms with Gasteiger partial charge in [0, 0.05) is 12.8 Å². The van der Waals surface area contributed by atoms with Crippen molar-refractivity contribution < 1.29 is 73.8 Å². The number of aliphatic hydroxyl groups excluding tert-OH is 7. The monoisotopic (exact) mass is 961 g/mol. The van der Waals surface area contributed by atoms with E-state index >= 15 is 0 Å². The fourth-order valence-electron chi connectivity index (χ4n) is 8.57. The van der Waals surface area contributed by atoms with Crippen LogP contribution in [-0.4, -0.2) is 142 Å². The number of allylic oxidation sites excluding steroid dienone is 2. The molecule has 15 heteroatoms. The summed E-state index contributed by atoms with van der Waals surface area (Å²) in [6.45, 7) is 2.60. The topological polar surface area (TPSA) is 231 Å². The fraction of sp³-hybridized carbons (Fsp3) is 0.923. The molecular weight excluding hydrogens is 865 g/mol. The summed E-state index contributed by atoms with van der Waals surface area (Å²) in [5.74, 6) is -0.932. The molecule has 2 rings (SSSR count). The number of rotatable bonds is 42. The molecule has 0 aromatic heterocycles. The zero-order valence-electron chi connectivity index (χ0n) is 41.7. The Bertz CT molecular complexity index is 1220. The molecule has 67 heavy (non-hydrogen) atoms.